The number of nitrogens with zero attached hydrogens (tertiary/aromatic N) is 2. The van der Waals surface area contributed by atoms with Gasteiger partial charge in [-0.05, 0) is 39.0 Å². The summed E-state index contributed by atoms with van der Waals surface area (Å²) in [6.07, 6.45) is -2.47. The highest BCUT2D eigenvalue weighted by molar-refractivity contribution is 5.99. The minimum Gasteiger partial charge on any atom is -0.388 e. The summed E-state index contributed by atoms with van der Waals surface area (Å²) in [6, 6.07) is 5.89. The van der Waals surface area contributed by atoms with Gasteiger partial charge < -0.3 is 25.3 Å². The number of rotatable bonds is 3. The number of aliphatic hydroxyl groups is 2. The molecule has 7 nitrogen and oxygen atoms in total. The van der Waals surface area contributed by atoms with Crippen LogP contribution in [-0.2, 0) is 4.79 Å². The Hall–Kier alpha value is -2.12. The van der Waals surface area contributed by atoms with Gasteiger partial charge in [-0.3, -0.25) is 9.59 Å². The SMILES string of the molecule is CN(C)c1cccc(C(=O)N2C[C@H](O)[C@H](O)[C@H]2C(=O)NC(C)(C)C)c1. The number of aliphatic hydroxyl groups excluding tert-OH is 2. The summed E-state index contributed by atoms with van der Waals surface area (Å²) in [5.74, 6) is -0.873. The lowest BCUT2D eigenvalue weighted by Gasteiger charge is -2.29. The molecule has 1 aromatic rings. The third kappa shape index (κ3) is 4.29. The largest absolute Gasteiger partial charge is 0.388 e. The van der Waals surface area contributed by atoms with Crippen molar-refractivity contribution in [2.75, 3.05) is 25.5 Å². The van der Waals surface area contributed by atoms with Gasteiger partial charge >= 0.3 is 0 Å². The quantitative estimate of drug-likeness (QED) is 0.726. The molecule has 0 aromatic heterocycles. The number of anilines is 1. The molecule has 2 rings (SSSR count). The average molecular weight is 349 g/mol. The Morgan fingerprint density at radius 1 is 1.24 bits per heavy atom. The van der Waals surface area contributed by atoms with Crippen molar-refractivity contribution in [1.29, 1.82) is 0 Å². The molecule has 138 valence electrons. The number of β-amino-alcohol motifs (C(OH)–C–C–N with tert-alkyl or cyclic N) is 1. The molecule has 7 heteroatoms. The summed E-state index contributed by atoms with van der Waals surface area (Å²) in [6.45, 7) is 5.36. The number of nitrogens with one attached hydrogen (secondary N) is 1. The lowest BCUT2D eigenvalue weighted by atomic mass is 10.0. The number of benzene rings is 1. The van der Waals surface area contributed by atoms with E-state index in [1.807, 2.05) is 45.8 Å². The topological polar surface area (TPSA) is 93.1 Å². The fourth-order valence-electron chi connectivity index (χ4n) is 2.85. The Bertz CT molecular complexity index is 654. The van der Waals surface area contributed by atoms with Crippen LogP contribution in [-0.4, -0.2) is 71.4 Å². The standard InChI is InChI=1S/C18H27N3O4/c1-18(2,3)19-16(24)14-15(23)13(22)10-21(14)17(25)11-7-6-8-12(9-11)20(4)5/h6-9,13-15,22-23H,10H2,1-5H3,(H,19,24)/t13-,14-,15-/m0/s1. The summed E-state index contributed by atoms with van der Waals surface area (Å²) in [4.78, 5) is 28.6. The van der Waals surface area contributed by atoms with E-state index < -0.39 is 35.6 Å². The Morgan fingerprint density at radius 2 is 1.88 bits per heavy atom. The van der Waals surface area contributed by atoms with E-state index in [9.17, 15) is 19.8 Å². The van der Waals surface area contributed by atoms with Gasteiger partial charge in [-0.2, -0.15) is 0 Å². The average Bonchev–Trinajstić information content (AvgIpc) is 2.80. The van der Waals surface area contributed by atoms with Crippen LogP contribution < -0.4 is 10.2 Å². The molecule has 25 heavy (non-hydrogen) atoms. The molecule has 0 bridgehead atoms. The van der Waals surface area contributed by atoms with Crippen LogP contribution in [0.15, 0.2) is 24.3 Å². The maximum atomic E-state index is 12.9. The Morgan fingerprint density at radius 3 is 2.44 bits per heavy atom. The first-order chi connectivity index (χ1) is 11.5. The molecule has 1 aliphatic rings. The van der Waals surface area contributed by atoms with Gasteiger partial charge in [0.05, 0.1) is 6.54 Å². The van der Waals surface area contributed by atoms with Crippen molar-refractivity contribution < 1.29 is 19.8 Å². The van der Waals surface area contributed by atoms with Gasteiger partial charge in [0.15, 0.2) is 0 Å². The lowest BCUT2D eigenvalue weighted by molar-refractivity contribution is -0.129. The monoisotopic (exact) mass is 349 g/mol. The van der Waals surface area contributed by atoms with Crippen molar-refractivity contribution in [3.05, 3.63) is 29.8 Å². The molecule has 0 radical (unpaired) electrons. The van der Waals surface area contributed by atoms with Crippen LogP contribution in [0.2, 0.25) is 0 Å². The van der Waals surface area contributed by atoms with Crippen LogP contribution in [0.1, 0.15) is 31.1 Å². The first kappa shape index (κ1) is 19.2. The van der Waals surface area contributed by atoms with Crippen molar-refractivity contribution in [3.63, 3.8) is 0 Å². The van der Waals surface area contributed by atoms with E-state index in [1.54, 1.807) is 18.2 Å². The lowest BCUT2D eigenvalue weighted by Crippen LogP contribution is -2.54. The molecule has 0 spiro atoms. The first-order valence-corrected chi connectivity index (χ1v) is 8.28. The van der Waals surface area contributed by atoms with Crippen LogP contribution >= 0.6 is 0 Å². The second kappa shape index (κ2) is 7.01. The van der Waals surface area contributed by atoms with E-state index in [-0.39, 0.29) is 6.54 Å². The van der Waals surface area contributed by atoms with Crippen molar-refractivity contribution in [1.82, 2.24) is 10.2 Å². The zero-order valence-electron chi connectivity index (χ0n) is 15.4. The Balaban J connectivity index is 2.30. The molecule has 0 saturated carbocycles. The van der Waals surface area contributed by atoms with Gasteiger partial charge in [0.25, 0.3) is 5.91 Å². The number of likely N-dealkylation sites (tertiary alicyclic amines) is 1. The van der Waals surface area contributed by atoms with Crippen molar-refractivity contribution in [2.45, 2.75) is 44.6 Å². The second-order valence-corrected chi connectivity index (χ2v) is 7.64. The second-order valence-electron chi connectivity index (χ2n) is 7.64. The summed E-state index contributed by atoms with van der Waals surface area (Å²) < 4.78 is 0. The zero-order valence-corrected chi connectivity index (χ0v) is 15.4. The highest BCUT2D eigenvalue weighted by Crippen LogP contribution is 2.24. The highest BCUT2D eigenvalue weighted by Gasteiger charge is 2.47. The number of hydrogen-bond donors (Lipinski definition) is 3. The molecule has 1 fully saturated rings. The fourth-order valence-corrected chi connectivity index (χ4v) is 2.85. The smallest absolute Gasteiger partial charge is 0.254 e. The van der Waals surface area contributed by atoms with Crippen molar-refractivity contribution >= 4 is 17.5 Å². The molecular weight excluding hydrogens is 322 g/mol. The van der Waals surface area contributed by atoms with Crippen LogP contribution in [0.3, 0.4) is 0 Å². The number of carbonyl (C=O) groups is 2. The molecule has 2 amide bonds. The fraction of sp³-hybridized carbons (Fsp3) is 0.556. The van der Waals surface area contributed by atoms with Crippen LogP contribution in [0.25, 0.3) is 0 Å². The van der Waals surface area contributed by atoms with E-state index >= 15 is 0 Å². The summed E-state index contributed by atoms with van der Waals surface area (Å²) in [5.41, 5.74) is 0.743. The van der Waals surface area contributed by atoms with E-state index in [2.05, 4.69) is 5.32 Å². The molecule has 1 heterocycles. The molecule has 0 unspecified atom stereocenters. The number of amides is 2. The van der Waals surface area contributed by atoms with Crippen molar-refractivity contribution in [3.8, 4) is 0 Å². The van der Waals surface area contributed by atoms with Crippen LogP contribution in [0, 0.1) is 0 Å². The van der Waals surface area contributed by atoms with E-state index in [0.29, 0.717) is 5.56 Å². The first-order valence-electron chi connectivity index (χ1n) is 8.28. The van der Waals surface area contributed by atoms with Gasteiger partial charge in [0, 0.05) is 30.9 Å². The Labute approximate surface area is 148 Å². The summed E-state index contributed by atoms with van der Waals surface area (Å²) >= 11 is 0. The van der Waals surface area contributed by atoms with Gasteiger partial charge in [-0.25, -0.2) is 0 Å². The maximum Gasteiger partial charge on any atom is 0.254 e. The molecule has 3 N–H and O–H groups in total. The third-order valence-corrected chi connectivity index (χ3v) is 4.07. The van der Waals surface area contributed by atoms with Crippen molar-refractivity contribution in [2.24, 2.45) is 0 Å². The molecule has 1 aromatic carbocycles. The molecular formula is C18H27N3O4. The minimum absolute atomic E-state index is 0.0889. The Kier molecular flexibility index (Phi) is 5.39. The van der Waals surface area contributed by atoms with Gasteiger partial charge in [0.2, 0.25) is 5.91 Å². The number of hydrogen-bond acceptors (Lipinski definition) is 5. The predicted octanol–water partition coefficient (Wildman–Crippen LogP) is 0.214. The molecule has 1 saturated heterocycles. The molecule has 0 aliphatic carbocycles. The van der Waals surface area contributed by atoms with E-state index in [4.69, 9.17) is 0 Å². The van der Waals surface area contributed by atoms with E-state index in [1.165, 1.54) is 4.90 Å². The number of carbonyl (C=O) groups excluding carboxylic acids is 2. The van der Waals surface area contributed by atoms with Crippen LogP contribution in [0.4, 0.5) is 5.69 Å². The highest BCUT2D eigenvalue weighted by atomic mass is 16.3. The summed E-state index contributed by atoms with van der Waals surface area (Å²) in [7, 11) is 3.74. The zero-order chi connectivity index (χ0) is 18.9. The predicted molar refractivity (Wildman–Crippen MR) is 95.5 cm³/mol. The normalized spacial score (nSPS) is 23.5. The van der Waals surface area contributed by atoms with E-state index in [0.717, 1.165) is 5.69 Å². The van der Waals surface area contributed by atoms with Gasteiger partial charge in [-0.1, -0.05) is 6.07 Å². The van der Waals surface area contributed by atoms with Gasteiger partial charge in [-0.15, -0.1) is 0 Å². The summed E-state index contributed by atoms with van der Waals surface area (Å²) in [5, 5.41) is 23.0. The third-order valence-electron chi connectivity index (χ3n) is 4.07. The molecule has 1 aliphatic heterocycles. The van der Waals surface area contributed by atoms with Crippen LogP contribution in [0.5, 0.6) is 0 Å². The minimum atomic E-state index is -1.32. The molecule has 3 atom stereocenters. The maximum absolute atomic E-state index is 12.9. The van der Waals surface area contributed by atoms with Gasteiger partial charge in [0.1, 0.15) is 18.2 Å².